The Kier molecular flexibility index (Phi) is 4.18. The van der Waals surface area contributed by atoms with Crippen molar-refractivity contribution in [2.75, 3.05) is 0 Å². The van der Waals surface area contributed by atoms with Crippen molar-refractivity contribution in [3.05, 3.63) is 48.0 Å². The van der Waals surface area contributed by atoms with Crippen LogP contribution >= 0.6 is 0 Å². The van der Waals surface area contributed by atoms with Crippen LogP contribution in [0.2, 0.25) is 0 Å². The third-order valence-corrected chi connectivity index (χ3v) is 3.67. The smallest absolute Gasteiger partial charge is 0.241 e. The van der Waals surface area contributed by atoms with Gasteiger partial charge in [0.1, 0.15) is 16.3 Å². The number of nitrogens with zero attached hydrogens (tertiary/aromatic N) is 1. The van der Waals surface area contributed by atoms with Gasteiger partial charge < -0.3 is 4.74 Å². The molecule has 2 aromatic carbocycles. The summed E-state index contributed by atoms with van der Waals surface area (Å²) >= 11 is 0. The molecule has 108 valence electrons. The van der Waals surface area contributed by atoms with E-state index in [0.717, 1.165) is 5.56 Å². The molecule has 0 aromatic heterocycles. The maximum absolute atomic E-state index is 11.6. The third-order valence-electron chi connectivity index (χ3n) is 2.74. The number of sulfonamides is 1. The van der Waals surface area contributed by atoms with E-state index in [1.165, 1.54) is 24.3 Å². The van der Waals surface area contributed by atoms with Crippen molar-refractivity contribution in [3.63, 3.8) is 0 Å². The number of para-hydroxylation sites is 2. The molecule has 0 saturated heterocycles. The average molecular weight is 304 g/mol. The minimum Gasteiger partial charge on any atom is -0.453 e. The molecule has 0 aliphatic carbocycles. The Balaban J connectivity index is 2.65. The molecule has 2 aromatic rings. The van der Waals surface area contributed by atoms with Crippen LogP contribution in [0.4, 0.5) is 5.69 Å². The van der Waals surface area contributed by atoms with Crippen LogP contribution in [0.15, 0.2) is 52.4 Å². The first-order chi connectivity index (χ1) is 9.93. The molecule has 0 heterocycles. The second-order valence-corrected chi connectivity index (χ2v) is 5.75. The SMILES string of the molecule is Cc1ccccc1Oc1c(N=C=O)cccc1S(N)(=O)=O. The predicted molar refractivity (Wildman–Crippen MR) is 76.8 cm³/mol. The zero-order valence-electron chi connectivity index (χ0n) is 11.1. The number of hydrogen-bond donors (Lipinski definition) is 1. The van der Waals surface area contributed by atoms with Crippen LogP contribution in [0.1, 0.15) is 5.56 Å². The Morgan fingerprint density at radius 3 is 2.48 bits per heavy atom. The molecule has 6 nitrogen and oxygen atoms in total. The van der Waals surface area contributed by atoms with Gasteiger partial charge in [0, 0.05) is 0 Å². The van der Waals surface area contributed by atoms with Crippen molar-refractivity contribution < 1.29 is 17.9 Å². The van der Waals surface area contributed by atoms with Crippen molar-refractivity contribution in [1.29, 1.82) is 0 Å². The summed E-state index contributed by atoms with van der Waals surface area (Å²) in [4.78, 5) is 13.7. The molecule has 0 fully saturated rings. The van der Waals surface area contributed by atoms with Crippen molar-refractivity contribution in [3.8, 4) is 11.5 Å². The van der Waals surface area contributed by atoms with Crippen LogP contribution in [-0.2, 0) is 14.8 Å². The lowest BCUT2D eigenvalue weighted by atomic mass is 10.2. The first-order valence-electron chi connectivity index (χ1n) is 5.90. The topological polar surface area (TPSA) is 98.8 Å². The van der Waals surface area contributed by atoms with E-state index in [-0.39, 0.29) is 16.3 Å². The molecule has 0 saturated carbocycles. The van der Waals surface area contributed by atoms with Crippen molar-refractivity contribution in [1.82, 2.24) is 0 Å². The van der Waals surface area contributed by atoms with E-state index in [2.05, 4.69) is 4.99 Å². The molecular weight excluding hydrogens is 292 g/mol. The van der Waals surface area contributed by atoms with Gasteiger partial charge in [-0.15, -0.1) is 0 Å². The molecule has 0 radical (unpaired) electrons. The van der Waals surface area contributed by atoms with Crippen LogP contribution in [0.3, 0.4) is 0 Å². The molecule has 0 aliphatic heterocycles. The molecule has 21 heavy (non-hydrogen) atoms. The highest BCUT2D eigenvalue weighted by molar-refractivity contribution is 7.89. The first-order valence-corrected chi connectivity index (χ1v) is 7.45. The maximum Gasteiger partial charge on any atom is 0.241 e. The van der Waals surface area contributed by atoms with Gasteiger partial charge in [-0.25, -0.2) is 18.4 Å². The van der Waals surface area contributed by atoms with E-state index < -0.39 is 10.0 Å². The average Bonchev–Trinajstić information content (AvgIpc) is 2.42. The lowest BCUT2D eigenvalue weighted by molar-refractivity contribution is 0.465. The minimum absolute atomic E-state index is 0.0415. The maximum atomic E-state index is 11.6. The van der Waals surface area contributed by atoms with E-state index in [1.807, 2.05) is 6.07 Å². The van der Waals surface area contributed by atoms with Crippen LogP contribution in [-0.4, -0.2) is 14.5 Å². The predicted octanol–water partition coefficient (Wildman–Crippen LogP) is 2.40. The normalized spacial score (nSPS) is 10.8. The Morgan fingerprint density at radius 2 is 1.86 bits per heavy atom. The number of carbonyl (C=O) groups excluding carboxylic acids is 1. The van der Waals surface area contributed by atoms with Gasteiger partial charge in [0.2, 0.25) is 16.1 Å². The summed E-state index contributed by atoms with van der Waals surface area (Å²) in [5, 5.41) is 5.17. The number of benzene rings is 2. The molecular formula is C14H12N2O4S. The molecule has 2 rings (SSSR count). The summed E-state index contributed by atoms with van der Waals surface area (Å²) in [6, 6.07) is 11.2. The van der Waals surface area contributed by atoms with E-state index >= 15 is 0 Å². The van der Waals surface area contributed by atoms with Crippen LogP contribution in [0, 0.1) is 6.92 Å². The first kappa shape index (κ1) is 14.9. The number of isocyanates is 1. The summed E-state index contributed by atoms with van der Waals surface area (Å²) in [5.41, 5.74) is 0.836. The molecule has 0 amide bonds. The molecule has 0 aliphatic rings. The van der Waals surface area contributed by atoms with E-state index in [1.54, 1.807) is 25.1 Å². The standard InChI is InChI=1S/C14H12N2O4S/c1-10-5-2-3-7-12(10)20-14-11(16-9-17)6-4-8-13(14)21(15,18)19/h2-8H,1H3,(H2,15,18,19). The Bertz CT molecular complexity index is 825. The number of primary sulfonamides is 1. The number of aryl methyl sites for hydroxylation is 1. The number of rotatable bonds is 4. The van der Waals surface area contributed by atoms with Gasteiger partial charge in [0.25, 0.3) is 0 Å². The number of aliphatic imine (C=N–C) groups is 1. The molecule has 2 N–H and O–H groups in total. The molecule has 0 spiro atoms. The molecule has 0 atom stereocenters. The molecule has 0 bridgehead atoms. The van der Waals surface area contributed by atoms with Gasteiger partial charge in [0.15, 0.2) is 5.75 Å². The summed E-state index contributed by atoms with van der Waals surface area (Å²) < 4.78 is 28.9. The number of hydrogen-bond acceptors (Lipinski definition) is 5. The fourth-order valence-electron chi connectivity index (χ4n) is 1.75. The van der Waals surface area contributed by atoms with Gasteiger partial charge in [-0.05, 0) is 30.7 Å². The largest absolute Gasteiger partial charge is 0.453 e. The van der Waals surface area contributed by atoms with Gasteiger partial charge in [-0.3, -0.25) is 0 Å². The highest BCUT2D eigenvalue weighted by Crippen LogP contribution is 2.37. The van der Waals surface area contributed by atoms with Crippen molar-refractivity contribution in [2.24, 2.45) is 10.1 Å². The third kappa shape index (κ3) is 3.35. The second-order valence-electron chi connectivity index (χ2n) is 4.22. The summed E-state index contributed by atoms with van der Waals surface area (Å²) in [6.07, 6.45) is 1.36. The number of nitrogens with two attached hydrogens (primary N) is 1. The van der Waals surface area contributed by atoms with Gasteiger partial charge in [-0.1, -0.05) is 24.3 Å². The minimum atomic E-state index is -4.02. The van der Waals surface area contributed by atoms with Gasteiger partial charge in [0.05, 0.1) is 0 Å². The van der Waals surface area contributed by atoms with E-state index in [0.29, 0.717) is 5.75 Å². The summed E-state index contributed by atoms with van der Waals surface area (Å²) in [5.74, 6) is 0.341. The van der Waals surface area contributed by atoms with Crippen LogP contribution in [0.25, 0.3) is 0 Å². The Morgan fingerprint density at radius 1 is 1.14 bits per heavy atom. The fraction of sp³-hybridized carbons (Fsp3) is 0.0714. The highest BCUT2D eigenvalue weighted by atomic mass is 32.2. The van der Waals surface area contributed by atoms with E-state index in [4.69, 9.17) is 9.88 Å². The van der Waals surface area contributed by atoms with Gasteiger partial charge in [-0.2, -0.15) is 4.99 Å². The zero-order valence-corrected chi connectivity index (χ0v) is 11.9. The lowest BCUT2D eigenvalue weighted by Crippen LogP contribution is -2.13. The van der Waals surface area contributed by atoms with Crippen LogP contribution in [0.5, 0.6) is 11.5 Å². The fourth-order valence-corrected chi connectivity index (χ4v) is 2.42. The molecule has 0 unspecified atom stereocenters. The van der Waals surface area contributed by atoms with E-state index in [9.17, 15) is 13.2 Å². The quantitative estimate of drug-likeness (QED) is 0.692. The van der Waals surface area contributed by atoms with Crippen molar-refractivity contribution >= 4 is 21.8 Å². The number of ether oxygens (including phenoxy) is 1. The Labute approximate surface area is 121 Å². The summed E-state index contributed by atoms with van der Waals surface area (Å²) in [7, 11) is -4.02. The monoisotopic (exact) mass is 304 g/mol. The highest BCUT2D eigenvalue weighted by Gasteiger charge is 2.20. The second kappa shape index (κ2) is 5.88. The Hall–Kier alpha value is -2.47. The van der Waals surface area contributed by atoms with Crippen molar-refractivity contribution in [2.45, 2.75) is 11.8 Å². The summed E-state index contributed by atoms with van der Waals surface area (Å²) in [6.45, 7) is 1.80. The van der Waals surface area contributed by atoms with Gasteiger partial charge >= 0.3 is 0 Å². The zero-order chi connectivity index (χ0) is 15.5. The molecule has 7 heteroatoms. The van der Waals surface area contributed by atoms with Crippen LogP contribution < -0.4 is 9.88 Å². The lowest BCUT2D eigenvalue weighted by Gasteiger charge is -2.13.